The Kier molecular flexibility index (Phi) is 24.8. The molecule has 0 bridgehead atoms. The van der Waals surface area contributed by atoms with Crippen LogP contribution in [0.2, 0.25) is 0 Å². The van der Waals surface area contributed by atoms with Gasteiger partial charge in [0.1, 0.15) is 0 Å². The average Bonchev–Trinajstić information content (AvgIpc) is 3.56. The fraction of sp³-hybridized carbons (Fsp3) is 0.0308. The van der Waals surface area contributed by atoms with E-state index in [9.17, 15) is 4.79 Å². The summed E-state index contributed by atoms with van der Waals surface area (Å²) in [5.41, 5.74) is 10.6. The van der Waals surface area contributed by atoms with E-state index >= 15 is 0 Å². The van der Waals surface area contributed by atoms with Gasteiger partial charge < -0.3 is 14.9 Å². The monoisotopic (exact) mass is 1390 g/mol. The average molecular weight is 1390 g/mol. The molecule has 0 saturated heterocycles. The van der Waals surface area contributed by atoms with Crippen LogP contribution in [0.4, 0.5) is 0 Å². The molecular weight excluding hydrogens is 1340 g/mol. The first-order chi connectivity index (χ1) is 31.7. The summed E-state index contributed by atoms with van der Waals surface area (Å²) in [5.74, 6) is 0. The standard InChI is InChI=1S/C31H20.C19H12O.C7H7.C6H5.2CH3.2W.2Y/c1-3-13-23(14-4-1)31(24-15-5-2-6-16-24)29-21-11-9-19-27(29)25-17-7-8-18-26(25)28-20-10-12-22-30(28)31;20-19-17-11-5-3-9-15(17)13-7-1-2-8-14(13)16-10-4-6-12-18(16)19;1-7-5-3-2-4-6-7;1-2-4-6-5-3-1;;;;;;/h1-13,15,17-22H;1-12H;2-5H,1H3;1-5H;2*1H3;;;;/q-2;;4*-1;2*+2;;. The van der Waals surface area contributed by atoms with E-state index < -0.39 is 5.41 Å². The molecule has 12 rings (SSSR count). The van der Waals surface area contributed by atoms with E-state index in [1.807, 2.05) is 146 Å². The van der Waals surface area contributed by atoms with Crippen molar-refractivity contribution in [3.05, 3.63) is 326 Å². The van der Waals surface area contributed by atoms with Crippen LogP contribution in [0.1, 0.15) is 27.8 Å². The van der Waals surface area contributed by atoms with Gasteiger partial charge in [-0.2, -0.15) is 133 Å². The summed E-state index contributed by atoms with van der Waals surface area (Å²) < 4.78 is 0. The Labute approximate surface area is 494 Å². The largest absolute Gasteiger partial charge is 2.00 e. The van der Waals surface area contributed by atoms with Crippen LogP contribution in [-0.4, -0.2) is 0 Å². The molecule has 0 fully saturated rings. The number of fused-ring (bicyclic) bond motifs is 10. The number of benzene rings is 10. The molecule has 0 N–H and O–H groups in total. The molecule has 0 aromatic heterocycles. The Hall–Kier alpha value is -4.55. The Balaban J connectivity index is 0.000000286. The van der Waals surface area contributed by atoms with Crippen molar-refractivity contribution in [1.29, 1.82) is 0 Å². The maximum atomic E-state index is 12.8. The summed E-state index contributed by atoms with van der Waals surface area (Å²) in [6.07, 6.45) is 0. The molecule has 5 heteroatoms. The van der Waals surface area contributed by atoms with Gasteiger partial charge in [-0.1, -0.05) is 153 Å². The van der Waals surface area contributed by atoms with Crippen LogP contribution in [0.3, 0.4) is 0 Å². The van der Waals surface area contributed by atoms with Crippen molar-refractivity contribution in [2.24, 2.45) is 0 Å². The second-order valence-electron chi connectivity index (χ2n) is 15.5. The number of hydrogen-bond donors (Lipinski definition) is 0. The Morgan fingerprint density at radius 3 is 0.957 bits per heavy atom. The van der Waals surface area contributed by atoms with Gasteiger partial charge in [0, 0.05) is 81.6 Å². The van der Waals surface area contributed by atoms with Gasteiger partial charge in [0.2, 0.25) is 0 Å². The molecule has 0 amide bonds. The SMILES string of the molecule is Cc1[c-]cccc1.O=c1c2ccccc2c2ccccc2c2ccccc12.[CH3-].[CH3-].[W+2].[W+2].[Y].[Y].[c-]1ccccc1.[c-]1ccccc1C1(c2[c-]cccc2)c2ccccc2-c2ccccc2-c2ccccc21. The minimum absolute atomic E-state index is 0. The van der Waals surface area contributed by atoms with Crippen molar-refractivity contribution < 1.29 is 108 Å². The minimum Gasteiger partial charge on any atom is -0.358 e. The summed E-state index contributed by atoms with van der Waals surface area (Å²) in [5, 5.41) is 5.85. The van der Waals surface area contributed by atoms with Crippen LogP contribution in [0, 0.1) is 46.0 Å². The van der Waals surface area contributed by atoms with Crippen LogP contribution < -0.4 is 5.43 Å². The molecule has 336 valence electrons. The van der Waals surface area contributed by atoms with E-state index in [1.54, 1.807) is 0 Å². The van der Waals surface area contributed by atoms with Gasteiger partial charge in [-0.25, -0.2) is 0 Å². The number of rotatable bonds is 2. The van der Waals surface area contributed by atoms with Crippen LogP contribution in [0.25, 0.3) is 54.6 Å². The minimum atomic E-state index is -0.519. The van der Waals surface area contributed by atoms with Crippen LogP contribution in [0.15, 0.2) is 254 Å². The topological polar surface area (TPSA) is 17.1 Å². The summed E-state index contributed by atoms with van der Waals surface area (Å²) in [4.78, 5) is 12.8. The van der Waals surface area contributed by atoms with E-state index in [4.69, 9.17) is 0 Å². The summed E-state index contributed by atoms with van der Waals surface area (Å²) in [7, 11) is 0. The van der Waals surface area contributed by atoms with Gasteiger partial charge >= 0.3 is 42.1 Å². The molecule has 0 atom stereocenters. The maximum absolute atomic E-state index is 12.8. The van der Waals surface area contributed by atoms with Crippen LogP contribution >= 0.6 is 0 Å². The normalized spacial score (nSPS) is 10.7. The second kappa shape index (κ2) is 29.1. The smallest absolute Gasteiger partial charge is 0.358 e. The van der Waals surface area contributed by atoms with E-state index in [-0.39, 0.29) is 128 Å². The molecule has 0 heterocycles. The number of aryl methyl sites for hydroxylation is 1. The zero-order chi connectivity index (χ0) is 43.6. The predicted octanol–water partition coefficient (Wildman–Crippen LogP) is 16.0. The Bertz CT molecular complexity index is 3150. The molecule has 0 aliphatic heterocycles. The fourth-order valence-corrected chi connectivity index (χ4v) is 8.92. The van der Waals surface area contributed by atoms with Crippen LogP contribution in [0.5, 0.6) is 0 Å². The van der Waals surface area contributed by atoms with Crippen LogP contribution in [-0.2, 0) is 113 Å². The van der Waals surface area contributed by atoms with E-state index in [0.717, 1.165) is 43.4 Å². The van der Waals surface area contributed by atoms with Gasteiger partial charge in [0.25, 0.3) is 0 Å². The predicted molar refractivity (Wildman–Crippen MR) is 280 cm³/mol. The third-order valence-electron chi connectivity index (χ3n) is 11.7. The molecule has 1 aliphatic rings. The zero-order valence-corrected chi connectivity index (χ0v) is 51.1. The molecule has 0 saturated carbocycles. The van der Waals surface area contributed by atoms with Gasteiger partial charge in [0.05, 0.1) is 0 Å². The molecule has 2 radical (unpaired) electrons. The van der Waals surface area contributed by atoms with Crippen molar-refractivity contribution in [3.8, 4) is 22.3 Å². The van der Waals surface area contributed by atoms with Crippen molar-refractivity contribution in [3.63, 3.8) is 0 Å². The first kappa shape index (κ1) is 59.8. The van der Waals surface area contributed by atoms with Crippen molar-refractivity contribution >= 4 is 32.3 Å². The Morgan fingerprint density at radius 1 is 0.329 bits per heavy atom. The first-order valence-electron chi connectivity index (χ1n) is 21.6. The molecule has 1 aliphatic carbocycles. The number of hydrogen-bond acceptors (Lipinski definition) is 1. The summed E-state index contributed by atoms with van der Waals surface area (Å²) >= 11 is 0. The van der Waals surface area contributed by atoms with Gasteiger partial charge in [-0.3, -0.25) is 4.79 Å². The Morgan fingerprint density at radius 2 is 0.643 bits per heavy atom. The van der Waals surface area contributed by atoms with Crippen molar-refractivity contribution in [2.75, 3.05) is 0 Å². The van der Waals surface area contributed by atoms with Crippen molar-refractivity contribution in [1.82, 2.24) is 0 Å². The molecule has 70 heavy (non-hydrogen) atoms. The second-order valence-corrected chi connectivity index (χ2v) is 15.5. The molecule has 0 unspecified atom stereocenters. The van der Waals surface area contributed by atoms with Gasteiger partial charge in [0.15, 0.2) is 5.43 Å². The van der Waals surface area contributed by atoms with E-state index in [2.05, 4.69) is 133 Å². The molecule has 11 aromatic carbocycles. The van der Waals surface area contributed by atoms with Gasteiger partial charge in [-0.05, 0) is 54.9 Å². The molecule has 1 nitrogen and oxygen atoms in total. The van der Waals surface area contributed by atoms with E-state index in [0.29, 0.717) is 0 Å². The third-order valence-corrected chi connectivity index (χ3v) is 11.7. The van der Waals surface area contributed by atoms with Crippen molar-refractivity contribution in [2.45, 2.75) is 12.3 Å². The quantitative estimate of drug-likeness (QED) is 0.158. The summed E-state index contributed by atoms with van der Waals surface area (Å²) in [6, 6.07) is 97.6. The van der Waals surface area contributed by atoms with E-state index in [1.165, 1.54) is 38.9 Å². The fourth-order valence-electron chi connectivity index (χ4n) is 8.92. The molecule has 11 aromatic rings. The van der Waals surface area contributed by atoms with Gasteiger partial charge in [-0.15, -0.1) is 11.1 Å². The third kappa shape index (κ3) is 12.7. The first-order valence-corrected chi connectivity index (χ1v) is 21.6. The zero-order valence-electron chi connectivity index (χ0n) is 39.6. The summed E-state index contributed by atoms with van der Waals surface area (Å²) in [6.45, 7) is 2.03. The molecule has 0 spiro atoms. The molecular formula is C65H50OW2Y2-2. The maximum Gasteiger partial charge on any atom is 2.00 e.